The van der Waals surface area contributed by atoms with Gasteiger partial charge >= 0.3 is 0 Å². The van der Waals surface area contributed by atoms with Gasteiger partial charge in [0.05, 0.1) is 12.3 Å². The molecule has 11 heteroatoms. The fraction of sp³-hybridized carbons (Fsp3) is 0.421. The summed E-state index contributed by atoms with van der Waals surface area (Å²) in [4.78, 5) is 0. The van der Waals surface area contributed by atoms with Crippen LogP contribution in [0.15, 0.2) is 36.5 Å². The second-order valence-corrected chi connectivity index (χ2v) is 10.8. The van der Waals surface area contributed by atoms with Crippen molar-refractivity contribution in [1.29, 1.82) is 0 Å². The first-order chi connectivity index (χ1) is 14.4. The zero-order chi connectivity index (χ0) is 21.1. The highest BCUT2D eigenvalue weighted by atomic mass is 35.5. The second kappa shape index (κ2) is 9.01. The summed E-state index contributed by atoms with van der Waals surface area (Å²) in [6, 6.07) is 9.55. The Balaban J connectivity index is 1.40. The van der Waals surface area contributed by atoms with Crippen LogP contribution in [0.3, 0.4) is 0 Å². The van der Waals surface area contributed by atoms with Crippen LogP contribution in [0.4, 0.5) is 10.9 Å². The number of nitrogens with zero attached hydrogens (tertiary/aromatic N) is 5. The van der Waals surface area contributed by atoms with Gasteiger partial charge < -0.3 is 5.32 Å². The van der Waals surface area contributed by atoms with Crippen molar-refractivity contribution in [2.75, 3.05) is 24.2 Å². The summed E-state index contributed by atoms with van der Waals surface area (Å²) in [5.41, 5.74) is 0.996. The van der Waals surface area contributed by atoms with Crippen LogP contribution in [-0.2, 0) is 16.6 Å². The molecule has 30 heavy (non-hydrogen) atoms. The van der Waals surface area contributed by atoms with Crippen molar-refractivity contribution in [3.8, 4) is 0 Å². The molecule has 4 rings (SSSR count). The molecule has 0 bridgehead atoms. The Morgan fingerprint density at radius 3 is 2.90 bits per heavy atom. The Hall–Kier alpha value is -2.01. The van der Waals surface area contributed by atoms with Crippen LogP contribution in [0.1, 0.15) is 36.3 Å². The molecule has 1 atom stereocenters. The van der Waals surface area contributed by atoms with Crippen molar-refractivity contribution in [2.24, 2.45) is 0 Å². The molecule has 2 aromatic heterocycles. The van der Waals surface area contributed by atoms with Crippen molar-refractivity contribution in [2.45, 2.75) is 32.2 Å². The van der Waals surface area contributed by atoms with Gasteiger partial charge in [0.15, 0.2) is 5.82 Å². The molecule has 0 aliphatic carbocycles. The van der Waals surface area contributed by atoms with E-state index in [1.165, 1.54) is 11.3 Å². The van der Waals surface area contributed by atoms with Crippen LogP contribution in [0.2, 0.25) is 5.02 Å². The molecular formula is C19H23ClN6O2S2. The van der Waals surface area contributed by atoms with Crippen LogP contribution in [0.25, 0.3) is 0 Å². The van der Waals surface area contributed by atoms with Crippen molar-refractivity contribution in [1.82, 2.24) is 24.3 Å². The number of sulfonamides is 1. The van der Waals surface area contributed by atoms with Crippen LogP contribution in [0.5, 0.6) is 0 Å². The number of piperidine rings is 1. The Labute approximate surface area is 184 Å². The SMILES string of the molecule is CCS(=O)(=O)N1CCC[C@@H](c2nnc(Nc3ccn(Cc4ccccc4Cl)n3)s2)C1. The van der Waals surface area contributed by atoms with Crippen molar-refractivity contribution < 1.29 is 8.42 Å². The van der Waals surface area contributed by atoms with E-state index in [2.05, 4.69) is 20.6 Å². The molecule has 1 aromatic carbocycles. The molecule has 0 radical (unpaired) electrons. The summed E-state index contributed by atoms with van der Waals surface area (Å²) in [5.74, 6) is 0.869. The topological polar surface area (TPSA) is 93.0 Å². The van der Waals surface area contributed by atoms with E-state index in [1.807, 2.05) is 36.5 Å². The van der Waals surface area contributed by atoms with E-state index in [-0.39, 0.29) is 11.7 Å². The molecule has 0 saturated carbocycles. The minimum Gasteiger partial charge on any atom is -0.313 e. The Kier molecular flexibility index (Phi) is 6.37. The number of hydrogen-bond acceptors (Lipinski definition) is 7. The predicted octanol–water partition coefficient (Wildman–Crippen LogP) is 3.71. The highest BCUT2D eigenvalue weighted by Crippen LogP contribution is 2.32. The van der Waals surface area contributed by atoms with Crippen LogP contribution >= 0.6 is 22.9 Å². The standard InChI is InChI=1S/C19H23ClN6O2S2/c1-2-30(27,28)26-10-5-7-15(13-26)18-22-23-19(29-18)21-17-9-11-25(24-17)12-14-6-3-4-8-16(14)20/h3-4,6,8-9,11,15H,2,5,7,10,12-13H2,1H3,(H,21,23,24)/t15-/m1/s1. The predicted molar refractivity (Wildman–Crippen MR) is 119 cm³/mol. The lowest BCUT2D eigenvalue weighted by Gasteiger charge is -2.30. The summed E-state index contributed by atoms with van der Waals surface area (Å²) in [7, 11) is -3.18. The first kappa shape index (κ1) is 21.2. The highest BCUT2D eigenvalue weighted by molar-refractivity contribution is 7.89. The minimum absolute atomic E-state index is 0.0749. The minimum atomic E-state index is -3.18. The van der Waals surface area contributed by atoms with Gasteiger partial charge in [-0.15, -0.1) is 10.2 Å². The highest BCUT2D eigenvalue weighted by Gasteiger charge is 2.30. The maximum absolute atomic E-state index is 12.2. The van der Waals surface area contributed by atoms with E-state index < -0.39 is 10.0 Å². The second-order valence-electron chi connectivity index (χ2n) is 7.16. The third kappa shape index (κ3) is 4.83. The van der Waals surface area contributed by atoms with E-state index >= 15 is 0 Å². The van der Waals surface area contributed by atoms with Crippen LogP contribution < -0.4 is 5.32 Å². The maximum atomic E-state index is 12.2. The molecular weight excluding hydrogens is 444 g/mol. The van der Waals surface area contributed by atoms with E-state index in [9.17, 15) is 8.42 Å². The zero-order valence-corrected chi connectivity index (χ0v) is 18.9. The fourth-order valence-corrected chi connectivity index (χ4v) is 5.71. The zero-order valence-electron chi connectivity index (χ0n) is 16.5. The van der Waals surface area contributed by atoms with E-state index in [0.29, 0.717) is 35.6 Å². The third-order valence-electron chi connectivity index (χ3n) is 5.10. The number of rotatable bonds is 7. The smallest absolute Gasteiger partial charge is 0.213 e. The van der Waals surface area contributed by atoms with Crippen LogP contribution in [0, 0.1) is 0 Å². The molecule has 1 N–H and O–H groups in total. The first-order valence-electron chi connectivity index (χ1n) is 9.79. The van der Waals surface area contributed by atoms with Gasteiger partial charge in [-0.3, -0.25) is 4.68 Å². The van der Waals surface area contributed by atoms with Gasteiger partial charge in [-0.05, 0) is 31.4 Å². The number of anilines is 2. The number of benzene rings is 1. The molecule has 3 heterocycles. The molecule has 8 nitrogen and oxygen atoms in total. The molecule has 1 saturated heterocycles. The summed E-state index contributed by atoms with van der Waals surface area (Å²) in [6.45, 7) is 3.31. The van der Waals surface area contributed by atoms with Gasteiger partial charge in [0.2, 0.25) is 15.2 Å². The summed E-state index contributed by atoms with van der Waals surface area (Å²) >= 11 is 7.67. The van der Waals surface area contributed by atoms with Crippen molar-refractivity contribution in [3.05, 3.63) is 52.1 Å². The largest absolute Gasteiger partial charge is 0.313 e. The number of halogens is 1. The normalized spacial score (nSPS) is 17.9. The summed E-state index contributed by atoms with van der Waals surface area (Å²) < 4.78 is 27.8. The van der Waals surface area contributed by atoms with Crippen molar-refractivity contribution >= 4 is 43.9 Å². The third-order valence-corrected chi connectivity index (χ3v) is 8.32. The molecule has 0 unspecified atom stereocenters. The summed E-state index contributed by atoms with van der Waals surface area (Å²) in [6.07, 6.45) is 3.62. The molecule has 1 aliphatic rings. The summed E-state index contributed by atoms with van der Waals surface area (Å²) in [5, 5.41) is 18.4. The Bertz CT molecular complexity index is 1110. The fourth-order valence-electron chi connectivity index (χ4n) is 3.46. The average molecular weight is 467 g/mol. The lowest BCUT2D eigenvalue weighted by Crippen LogP contribution is -2.39. The van der Waals surface area contributed by atoms with Gasteiger partial charge in [-0.1, -0.05) is 41.1 Å². The monoisotopic (exact) mass is 466 g/mol. The van der Waals surface area contributed by atoms with Gasteiger partial charge in [0.1, 0.15) is 5.01 Å². The number of hydrogen-bond donors (Lipinski definition) is 1. The van der Waals surface area contributed by atoms with E-state index in [0.717, 1.165) is 23.4 Å². The molecule has 1 aliphatic heterocycles. The quantitative estimate of drug-likeness (QED) is 0.570. The average Bonchev–Trinajstić information content (AvgIpc) is 3.40. The lowest BCUT2D eigenvalue weighted by atomic mass is 10.0. The van der Waals surface area contributed by atoms with Crippen molar-refractivity contribution in [3.63, 3.8) is 0 Å². The Morgan fingerprint density at radius 1 is 1.27 bits per heavy atom. The van der Waals surface area contributed by atoms with Gasteiger partial charge in [-0.2, -0.15) is 5.10 Å². The molecule has 0 spiro atoms. The van der Waals surface area contributed by atoms with Gasteiger partial charge in [0, 0.05) is 36.3 Å². The number of aromatic nitrogens is 4. The lowest BCUT2D eigenvalue weighted by molar-refractivity contribution is 0.315. The van der Waals surface area contributed by atoms with E-state index in [4.69, 9.17) is 11.6 Å². The van der Waals surface area contributed by atoms with Gasteiger partial charge in [0.25, 0.3) is 0 Å². The molecule has 0 amide bonds. The molecule has 1 fully saturated rings. The van der Waals surface area contributed by atoms with Gasteiger partial charge in [-0.25, -0.2) is 12.7 Å². The maximum Gasteiger partial charge on any atom is 0.213 e. The molecule has 160 valence electrons. The Morgan fingerprint density at radius 2 is 2.10 bits per heavy atom. The van der Waals surface area contributed by atoms with E-state index in [1.54, 1.807) is 15.9 Å². The first-order valence-corrected chi connectivity index (χ1v) is 12.6. The number of nitrogens with one attached hydrogen (secondary N) is 1. The molecule has 3 aromatic rings. The van der Waals surface area contributed by atoms with Crippen LogP contribution in [-0.4, -0.2) is 51.5 Å².